The minimum Gasteiger partial charge on any atom is -0.497 e. The minimum absolute atomic E-state index is 0.853. The van der Waals surface area contributed by atoms with Crippen LogP contribution in [0.25, 0.3) is 11.2 Å². The van der Waals surface area contributed by atoms with Crippen LogP contribution < -0.4 is 9.30 Å². The molecule has 0 spiro atoms. The second kappa shape index (κ2) is 6.74. The van der Waals surface area contributed by atoms with Gasteiger partial charge in [0.15, 0.2) is 6.20 Å². The lowest BCUT2D eigenvalue weighted by Crippen LogP contribution is -2.34. The number of methoxy groups -OCH3 is 1. The summed E-state index contributed by atoms with van der Waals surface area (Å²) in [5, 5.41) is 0. The maximum absolute atomic E-state index is 5.30. The Morgan fingerprint density at radius 3 is 2.48 bits per heavy atom. The van der Waals surface area contributed by atoms with Gasteiger partial charge >= 0.3 is 0 Å². The van der Waals surface area contributed by atoms with Crippen molar-refractivity contribution >= 4 is 22.6 Å². The zero-order valence-corrected chi connectivity index (χ0v) is 16.8. The van der Waals surface area contributed by atoms with Gasteiger partial charge in [0, 0.05) is 41.2 Å². The zero-order valence-electron chi connectivity index (χ0n) is 16.8. The van der Waals surface area contributed by atoms with Gasteiger partial charge < -0.3 is 9.14 Å². The summed E-state index contributed by atoms with van der Waals surface area (Å²) < 4.78 is 9.70. The summed E-state index contributed by atoms with van der Waals surface area (Å²) in [6.45, 7) is 4.27. The SMILES string of the molecule is COc1ccc(C2=CC(=Nc3c(C)c4ccccn4c3C)c3cccc[n+]32)cc1. The Morgan fingerprint density at radius 1 is 0.931 bits per heavy atom. The number of rotatable bonds is 3. The number of aryl methyl sites for hydroxylation is 2. The third-order valence-electron chi connectivity index (χ3n) is 5.58. The van der Waals surface area contributed by atoms with Gasteiger partial charge in [-0.3, -0.25) is 0 Å². The van der Waals surface area contributed by atoms with E-state index in [0.29, 0.717) is 0 Å². The number of nitrogens with zero attached hydrogens (tertiary/aromatic N) is 3. The summed E-state index contributed by atoms with van der Waals surface area (Å²) in [6, 6.07) is 20.6. The number of hydrogen-bond acceptors (Lipinski definition) is 2. The van der Waals surface area contributed by atoms with Gasteiger partial charge in [-0.1, -0.05) is 6.07 Å². The predicted molar refractivity (Wildman–Crippen MR) is 116 cm³/mol. The Hall–Kier alpha value is -3.66. The highest BCUT2D eigenvalue weighted by Crippen LogP contribution is 2.32. The standard InChI is InChI=1S/C25H22N3O/c1-17-22-8-4-6-14-27(22)18(2)25(17)26-21-16-24(28-15-7-5-9-23(21)28)19-10-12-20(29-3)13-11-19/h4-16H,1-3H3/q+1. The first kappa shape index (κ1) is 17.4. The monoisotopic (exact) mass is 380 g/mol. The molecule has 0 N–H and O–H groups in total. The minimum atomic E-state index is 0.853. The number of fused-ring (bicyclic) bond motifs is 2. The molecule has 3 aromatic heterocycles. The second-order valence-electron chi connectivity index (χ2n) is 7.23. The van der Waals surface area contributed by atoms with Crippen molar-refractivity contribution in [2.75, 3.05) is 7.11 Å². The van der Waals surface area contributed by atoms with Gasteiger partial charge in [0.25, 0.3) is 0 Å². The molecule has 29 heavy (non-hydrogen) atoms. The van der Waals surface area contributed by atoms with Crippen molar-refractivity contribution < 1.29 is 9.30 Å². The van der Waals surface area contributed by atoms with Crippen molar-refractivity contribution in [3.63, 3.8) is 0 Å². The van der Waals surface area contributed by atoms with Crippen LogP contribution in [0.5, 0.6) is 5.75 Å². The number of pyridine rings is 2. The summed E-state index contributed by atoms with van der Waals surface area (Å²) >= 11 is 0. The summed E-state index contributed by atoms with van der Waals surface area (Å²) in [4.78, 5) is 5.12. The van der Waals surface area contributed by atoms with Gasteiger partial charge in [-0.05, 0) is 56.3 Å². The molecule has 4 nitrogen and oxygen atoms in total. The zero-order chi connectivity index (χ0) is 20.0. The van der Waals surface area contributed by atoms with Crippen LogP contribution in [0.1, 0.15) is 22.5 Å². The van der Waals surface area contributed by atoms with Crippen LogP contribution in [0, 0.1) is 13.8 Å². The molecular weight excluding hydrogens is 358 g/mol. The lowest BCUT2D eigenvalue weighted by Gasteiger charge is -2.02. The van der Waals surface area contributed by atoms with E-state index in [2.05, 4.69) is 83.7 Å². The first-order valence-corrected chi connectivity index (χ1v) is 9.70. The molecule has 4 heterocycles. The fraction of sp³-hybridized carbons (Fsp3) is 0.120. The van der Waals surface area contributed by atoms with Crippen molar-refractivity contribution in [3.8, 4) is 5.75 Å². The average molecular weight is 380 g/mol. The average Bonchev–Trinajstić information content (AvgIpc) is 3.25. The fourth-order valence-corrected chi connectivity index (χ4v) is 4.04. The molecule has 0 atom stereocenters. The van der Waals surface area contributed by atoms with Gasteiger partial charge in [0.2, 0.25) is 11.4 Å². The van der Waals surface area contributed by atoms with Gasteiger partial charge in [-0.25, -0.2) is 4.99 Å². The third-order valence-corrected chi connectivity index (χ3v) is 5.58. The van der Waals surface area contributed by atoms with Crippen LogP contribution in [0.3, 0.4) is 0 Å². The highest BCUT2D eigenvalue weighted by Gasteiger charge is 2.29. The molecule has 0 bridgehead atoms. The van der Waals surface area contributed by atoms with E-state index in [1.165, 1.54) is 11.1 Å². The Bertz CT molecular complexity index is 1250. The summed E-state index contributed by atoms with van der Waals surface area (Å²) in [5.41, 5.74) is 8.89. The largest absolute Gasteiger partial charge is 0.497 e. The van der Waals surface area contributed by atoms with Gasteiger partial charge in [0.05, 0.1) is 18.3 Å². The van der Waals surface area contributed by atoms with Crippen molar-refractivity contribution in [2.45, 2.75) is 13.8 Å². The molecule has 1 aliphatic heterocycles. The van der Waals surface area contributed by atoms with Gasteiger partial charge in [-0.15, -0.1) is 0 Å². The van der Waals surface area contributed by atoms with E-state index in [4.69, 9.17) is 9.73 Å². The molecule has 0 fully saturated rings. The molecule has 4 heteroatoms. The van der Waals surface area contributed by atoms with Crippen LogP contribution in [-0.2, 0) is 0 Å². The molecule has 0 unspecified atom stereocenters. The fourth-order valence-electron chi connectivity index (χ4n) is 4.04. The molecule has 1 aliphatic rings. The topological polar surface area (TPSA) is 29.9 Å². The number of hydrogen-bond donors (Lipinski definition) is 0. The number of allylic oxidation sites excluding steroid dienone is 1. The lowest BCUT2D eigenvalue weighted by molar-refractivity contribution is -0.577. The van der Waals surface area contributed by atoms with E-state index in [1.54, 1.807) is 7.11 Å². The quantitative estimate of drug-likeness (QED) is 0.466. The Labute approximate surface area is 170 Å². The number of benzene rings is 1. The third kappa shape index (κ3) is 2.76. The van der Waals surface area contributed by atoms with Crippen LogP contribution in [-0.4, -0.2) is 17.2 Å². The van der Waals surface area contributed by atoms with Crippen LogP contribution in [0.2, 0.25) is 0 Å². The molecule has 5 rings (SSSR count). The van der Waals surface area contributed by atoms with E-state index < -0.39 is 0 Å². The predicted octanol–water partition coefficient (Wildman–Crippen LogP) is 4.88. The van der Waals surface area contributed by atoms with Crippen molar-refractivity contribution in [2.24, 2.45) is 4.99 Å². The van der Waals surface area contributed by atoms with Crippen LogP contribution in [0.4, 0.5) is 5.69 Å². The van der Waals surface area contributed by atoms with Gasteiger partial charge in [0.1, 0.15) is 11.5 Å². The molecular formula is C25H22N3O+. The smallest absolute Gasteiger partial charge is 0.237 e. The summed E-state index contributed by atoms with van der Waals surface area (Å²) in [5.74, 6) is 0.853. The second-order valence-corrected chi connectivity index (χ2v) is 7.23. The van der Waals surface area contributed by atoms with E-state index in [1.807, 2.05) is 18.2 Å². The first-order chi connectivity index (χ1) is 14.2. The van der Waals surface area contributed by atoms with Gasteiger partial charge in [-0.2, -0.15) is 4.57 Å². The molecule has 1 aromatic carbocycles. The van der Waals surface area contributed by atoms with Crippen LogP contribution in [0.15, 0.2) is 84.1 Å². The van der Waals surface area contributed by atoms with E-state index in [9.17, 15) is 0 Å². The van der Waals surface area contributed by atoms with E-state index >= 15 is 0 Å². The lowest BCUT2D eigenvalue weighted by atomic mass is 10.1. The van der Waals surface area contributed by atoms with E-state index in [-0.39, 0.29) is 0 Å². The van der Waals surface area contributed by atoms with Crippen LogP contribution >= 0.6 is 0 Å². The number of aromatic nitrogens is 2. The Balaban J connectivity index is 1.68. The van der Waals surface area contributed by atoms with Crippen molar-refractivity contribution in [1.29, 1.82) is 0 Å². The molecule has 0 saturated carbocycles. The normalized spacial score (nSPS) is 14.3. The van der Waals surface area contributed by atoms with E-state index in [0.717, 1.165) is 39.8 Å². The number of aliphatic imine (C=N–C) groups is 1. The Morgan fingerprint density at radius 2 is 1.72 bits per heavy atom. The first-order valence-electron chi connectivity index (χ1n) is 9.70. The molecule has 4 aromatic rings. The maximum Gasteiger partial charge on any atom is 0.237 e. The summed E-state index contributed by atoms with van der Waals surface area (Å²) in [6.07, 6.45) is 6.35. The molecule has 0 radical (unpaired) electrons. The van der Waals surface area contributed by atoms with Crippen molar-refractivity contribution in [3.05, 3.63) is 102 Å². The summed E-state index contributed by atoms with van der Waals surface area (Å²) in [7, 11) is 1.69. The molecule has 0 saturated heterocycles. The number of ether oxygens (including phenoxy) is 1. The molecule has 0 aliphatic carbocycles. The Kier molecular flexibility index (Phi) is 4.06. The maximum atomic E-state index is 5.30. The van der Waals surface area contributed by atoms with Crippen molar-refractivity contribution in [1.82, 2.24) is 4.40 Å². The highest BCUT2D eigenvalue weighted by atomic mass is 16.5. The molecule has 0 amide bonds. The highest BCUT2D eigenvalue weighted by molar-refractivity contribution is 6.13. The molecule has 142 valence electrons.